The molecule has 2 N–H and O–H groups in total. The molecule has 0 amide bonds. The zero-order valence-corrected chi connectivity index (χ0v) is 12.3. The fraction of sp³-hybridized carbons (Fsp3) is 0.364. The summed E-state index contributed by atoms with van der Waals surface area (Å²) in [7, 11) is -3.62. The molecule has 0 radical (unpaired) electrons. The van der Waals surface area contributed by atoms with Gasteiger partial charge in [-0.15, -0.1) is 12.4 Å². The van der Waals surface area contributed by atoms with E-state index in [1.807, 2.05) is 6.07 Å². The van der Waals surface area contributed by atoms with Crippen molar-refractivity contribution >= 4 is 34.0 Å². The Balaban J connectivity index is 0.00000180. The summed E-state index contributed by atoms with van der Waals surface area (Å²) < 4.78 is 25.9. The molecule has 1 aliphatic heterocycles. The third-order valence-corrected chi connectivity index (χ3v) is 5.21. The minimum Gasteiger partial charge on any atom is -0.326 e. The van der Waals surface area contributed by atoms with Crippen molar-refractivity contribution in [1.82, 2.24) is 4.31 Å². The van der Waals surface area contributed by atoms with Crippen molar-refractivity contribution < 1.29 is 8.42 Å². The first-order valence-electron chi connectivity index (χ1n) is 5.40. The van der Waals surface area contributed by atoms with Gasteiger partial charge in [0.15, 0.2) is 0 Å². The van der Waals surface area contributed by atoms with E-state index < -0.39 is 10.0 Å². The Morgan fingerprint density at radius 3 is 2.63 bits per heavy atom. The van der Waals surface area contributed by atoms with Crippen LogP contribution in [0, 0.1) is 11.3 Å². The van der Waals surface area contributed by atoms with Gasteiger partial charge in [0.1, 0.15) is 4.90 Å². The molecule has 1 aromatic rings. The van der Waals surface area contributed by atoms with Gasteiger partial charge in [0.2, 0.25) is 10.0 Å². The van der Waals surface area contributed by atoms with E-state index in [1.54, 1.807) is 0 Å². The van der Waals surface area contributed by atoms with Crippen molar-refractivity contribution in [3.05, 3.63) is 28.8 Å². The maximum Gasteiger partial charge on any atom is 0.244 e. The molecule has 19 heavy (non-hydrogen) atoms. The van der Waals surface area contributed by atoms with Gasteiger partial charge in [0.05, 0.1) is 16.7 Å². The fourth-order valence-electron chi connectivity index (χ4n) is 1.89. The van der Waals surface area contributed by atoms with Gasteiger partial charge in [-0.1, -0.05) is 11.6 Å². The predicted molar refractivity (Wildman–Crippen MR) is 74.8 cm³/mol. The second-order valence-corrected chi connectivity index (χ2v) is 6.48. The molecule has 0 aliphatic carbocycles. The fourth-order valence-corrected chi connectivity index (χ4v) is 3.92. The summed E-state index contributed by atoms with van der Waals surface area (Å²) in [5.41, 5.74) is 6.03. The molecular weight excluding hydrogens is 309 g/mol. The lowest BCUT2D eigenvalue weighted by molar-refractivity contribution is 0.472. The number of nitriles is 1. The molecule has 0 unspecified atom stereocenters. The lowest BCUT2D eigenvalue weighted by Crippen LogP contribution is -2.32. The van der Waals surface area contributed by atoms with Crippen molar-refractivity contribution in [2.24, 2.45) is 5.73 Å². The lowest BCUT2D eigenvalue weighted by atomic mass is 10.2. The monoisotopic (exact) mass is 321 g/mol. The van der Waals surface area contributed by atoms with Gasteiger partial charge in [0.25, 0.3) is 0 Å². The molecule has 0 aromatic heterocycles. The molecule has 1 heterocycles. The molecule has 0 spiro atoms. The van der Waals surface area contributed by atoms with Gasteiger partial charge in [0, 0.05) is 19.1 Å². The van der Waals surface area contributed by atoms with Crippen LogP contribution in [0.2, 0.25) is 5.02 Å². The van der Waals surface area contributed by atoms with Gasteiger partial charge >= 0.3 is 0 Å². The molecule has 1 aromatic carbocycles. The Hall–Kier alpha value is -0.840. The highest BCUT2D eigenvalue weighted by Gasteiger charge is 2.32. The van der Waals surface area contributed by atoms with Crippen LogP contribution in [0.4, 0.5) is 0 Å². The van der Waals surface area contributed by atoms with Gasteiger partial charge in [-0.3, -0.25) is 0 Å². The highest BCUT2D eigenvalue weighted by Crippen LogP contribution is 2.27. The average Bonchev–Trinajstić information content (AvgIpc) is 2.76. The molecule has 1 saturated heterocycles. The van der Waals surface area contributed by atoms with E-state index in [9.17, 15) is 8.42 Å². The van der Waals surface area contributed by atoms with E-state index in [1.165, 1.54) is 22.5 Å². The zero-order valence-electron chi connectivity index (χ0n) is 9.91. The Bertz CT molecular complexity index is 613. The number of hydrogen-bond donors (Lipinski definition) is 1. The number of rotatable bonds is 2. The van der Waals surface area contributed by atoms with Crippen LogP contribution in [-0.4, -0.2) is 31.9 Å². The zero-order chi connectivity index (χ0) is 13.3. The highest BCUT2D eigenvalue weighted by molar-refractivity contribution is 7.89. The molecule has 1 aliphatic rings. The lowest BCUT2D eigenvalue weighted by Gasteiger charge is -2.16. The first kappa shape index (κ1) is 16.2. The first-order chi connectivity index (χ1) is 8.45. The molecule has 1 atom stereocenters. The smallest absolute Gasteiger partial charge is 0.244 e. The minimum atomic E-state index is -3.62. The molecule has 5 nitrogen and oxygen atoms in total. The van der Waals surface area contributed by atoms with E-state index in [2.05, 4.69) is 0 Å². The molecule has 104 valence electrons. The topological polar surface area (TPSA) is 87.2 Å². The summed E-state index contributed by atoms with van der Waals surface area (Å²) in [5, 5.41) is 8.78. The second kappa shape index (κ2) is 6.07. The summed E-state index contributed by atoms with van der Waals surface area (Å²) in [6, 6.07) is 5.93. The standard InChI is InChI=1S/C11H12ClN3O2S.ClH/c12-10-5-8(6-13)1-2-11(10)18(16,17)15-4-3-9(14)7-15;/h1-2,5,9H,3-4,7,14H2;1H/t9-;/m1./s1. The predicted octanol–water partition coefficient (Wildman–Crippen LogP) is 1.36. The van der Waals surface area contributed by atoms with Crippen LogP contribution < -0.4 is 5.73 Å². The Morgan fingerprint density at radius 2 is 2.16 bits per heavy atom. The molecule has 0 bridgehead atoms. The van der Waals surface area contributed by atoms with E-state index in [4.69, 9.17) is 22.6 Å². The third-order valence-electron chi connectivity index (χ3n) is 2.87. The number of sulfonamides is 1. The number of nitrogens with zero attached hydrogens (tertiary/aromatic N) is 2. The van der Waals surface area contributed by atoms with Crippen LogP contribution in [0.3, 0.4) is 0 Å². The molecular formula is C11H13Cl2N3O2S. The first-order valence-corrected chi connectivity index (χ1v) is 7.22. The van der Waals surface area contributed by atoms with Crippen molar-refractivity contribution in [1.29, 1.82) is 5.26 Å². The van der Waals surface area contributed by atoms with Crippen LogP contribution in [0.5, 0.6) is 0 Å². The Kier molecular flexibility index (Phi) is 5.18. The van der Waals surface area contributed by atoms with Crippen LogP contribution in [0.1, 0.15) is 12.0 Å². The van der Waals surface area contributed by atoms with E-state index in [0.29, 0.717) is 25.1 Å². The third kappa shape index (κ3) is 3.19. The number of nitrogens with two attached hydrogens (primary N) is 1. The van der Waals surface area contributed by atoms with Crippen LogP contribution in [0.15, 0.2) is 23.1 Å². The van der Waals surface area contributed by atoms with Gasteiger partial charge in [-0.05, 0) is 24.6 Å². The SMILES string of the molecule is Cl.N#Cc1ccc(S(=O)(=O)N2CC[C@@H](N)C2)c(Cl)c1. The molecule has 1 fully saturated rings. The van der Waals surface area contributed by atoms with Gasteiger partial charge < -0.3 is 5.73 Å². The van der Waals surface area contributed by atoms with Crippen LogP contribution in [-0.2, 0) is 10.0 Å². The Morgan fingerprint density at radius 1 is 1.47 bits per heavy atom. The normalized spacial score (nSPS) is 19.7. The van der Waals surface area contributed by atoms with Crippen LogP contribution in [0.25, 0.3) is 0 Å². The maximum atomic E-state index is 12.3. The van der Waals surface area contributed by atoms with E-state index in [0.717, 1.165) is 0 Å². The maximum absolute atomic E-state index is 12.3. The van der Waals surface area contributed by atoms with Crippen molar-refractivity contribution in [2.75, 3.05) is 13.1 Å². The largest absolute Gasteiger partial charge is 0.326 e. The number of benzene rings is 1. The quantitative estimate of drug-likeness (QED) is 0.890. The number of halogens is 2. The number of hydrogen-bond acceptors (Lipinski definition) is 4. The molecule has 0 saturated carbocycles. The average molecular weight is 322 g/mol. The van der Waals surface area contributed by atoms with Crippen molar-refractivity contribution in [3.8, 4) is 6.07 Å². The summed E-state index contributed by atoms with van der Waals surface area (Å²) in [4.78, 5) is 0.0252. The summed E-state index contributed by atoms with van der Waals surface area (Å²) >= 11 is 5.92. The van der Waals surface area contributed by atoms with E-state index in [-0.39, 0.29) is 28.4 Å². The van der Waals surface area contributed by atoms with E-state index >= 15 is 0 Å². The summed E-state index contributed by atoms with van der Waals surface area (Å²) in [6.45, 7) is 0.707. The summed E-state index contributed by atoms with van der Waals surface area (Å²) in [6.07, 6.45) is 0.646. The second-order valence-electron chi connectivity index (χ2n) is 4.17. The van der Waals surface area contributed by atoms with Crippen molar-refractivity contribution in [3.63, 3.8) is 0 Å². The van der Waals surface area contributed by atoms with Crippen molar-refractivity contribution in [2.45, 2.75) is 17.4 Å². The molecule has 2 rings (SSSR count). The molecule has 8 heteroatoms. The summed E-state index contributed by atoms with van der Waals surface area (Å²) in [5.74, 6) is 0. The minimum absolute atomic E-state index is 0. The van der Waals surface area contributed by atoms with Gasteiger partial charge in [-0.25, -0.2) is 8.42 Å². The highest BCUT2D eigenvalue weighted by atomic mass is 35.5. The Labute approximate surface area is 123 Å². The van der Waals surface area contributed by atoms with Crippen LogP contribution >= 0.6 is 24.0 Å². The van der Waals surface area contributed by atoms with Gasteiger partial charge in [-0.2, -0.15) is 9.57 Å².